The molecule has 1 atom stereocenters. The maximum atomic E-state index is 14.4. The van der Waals surface area contributed by atoms with Crippen LogP contribution in [0.15, 0.2) is 12.1 Å². The zero-order valence-corrected chi connectivity index (χ0v) is 14.1. The molecule has 1 fully saturated rings. The van der Waals surface area contributed by atoms with E-state index < -0.39 is 17.0 Å². The Morgan fingerprint density at radius 2 is 1.82 bits per heavy atom. The maximum absolute atomic E-state index is 14.4. The Morgan fingerprint density at radius 1 is 1.23 bits per heavy atom. The van der Waals surface area contributed by atoms with Gasteiger partial charge in [-0.1, -0.05) is 26.0 Å². The predicted octanol–water partition coefficient (Wildman–Crippen LogP) is 2.66. The summed E-state index contributed by atoms with van der Waals surface area (Å²) in [6.07, 6.45) is 0. The van der Waals surface area contributed by atoms with Crippen LogP contribution in [-0.4, -0.2) is 42.8 Å². The third-order valence-electron chi connectivity index (χ3n) is 4.26. The van der Waals surface area contributed by atoms with Crippen LogP contribution >= 0.6 is 12.4 Å². The normalized spacial score (nSPS) is 17.9. The first kappa shape index (κ1) is 19.3. The highest BCUT2D eigenvalue weighted by Crippen LogP contribution is 2.40. The number of piperazine rings is 1. The number of hydrogen-bond acceptors (Lipinski definition) is 3. The quantitative estimate of drug-likeness (QED) is 0.888. The summed E-state index contributed by atoms with van der Waals surface area (Å²) in [5.41, 5.74) is 0.0797. The van der Waals surface area contributed by atoms with Gasteiger partial charge in [0, 0.05) is 49.8 Å². The first-order valence-corrected chi connectivity index (χ1v) is 7.38. The van der Waals surface area contributed by atoms with Crippen LogP contribution in [0.25, 0.3) is 0 Å². The molecule has 6 heteroatoms. The van der Waals surface area contributed by atoms with Crippen molar-refractivity contribution in [2.24, 2.45) is 5.41 Å². The minimum absolute atomic E-state index is 0. The van der Waals surface area contributed by atoms with Gasteiger partial charge in [-0.05, 0) is 12.5 Å². The first-order chi connectivity index (χ1) is 9.88. The molecule has 0 amide bonds. The Hall–Kier alpha value is -0.750. The van der Waals surface area contributed by atoms with Crippen molar-refractivity contribution in [3.8, 4) is 0 Å². The number of aliphatic hydroxyl groups is 1. The van der Waals surface area contributed by atoms with E-state index in [9.17, 15) is 13.9 Å². The summed E-state index contributed by atoms with van der Waals surface area (Å²) >= 11 is 0. The molecule has 0 aliphatic carbocycles. The van der Waals surface area contributed by atoms with Gasteiger partial charge in [-0.2, -0.15) is 0 Å². The zero-order valence-electron chi connectivity index (χ0n) is 13.3. The van der Waals surface area contributed by atoms with E-state index in [0.29, 0.717) is 11.1 Å². The SMILES string of the molecule is Cc1ccc([C@H](N2CCNCC2)C(C)(C)CO)c(F)c1F.Cl. The fourth-order valence-corrected chi connectivity index (χ4v) is 3.01. The number of aliphatic hydroxyl groups excluding tert-OH is 1. The van der Waals surface area contributed by atoms with Crippen molar-refractivity contribution >= 4 is 12.4 Å². The Morgan fingerprint density at radius 3 is 2.36 bits per heavy atom. The first-order valence-electron chi connectivity index (χ1n) is 7.38. The molecule has 1 aliphatic heterocycles. The molecular formula is C16H25ClF2N2O. The van der Waals surface area contributed by atoms with E-state index in [-0.39, 0.29) is 25.1 Å². The molecule has 1 saturated heterocycles. The van der Waals surface area contributed by atoms with E-state index in [1.165, 1.54) is 0 Å². The summed E-state index contributed by atoms with van der Waals surface area (Å²) in [6, 6.07) is 2.91. The standard InChI is InChI=1S/C16H24F2N2O.ClH/c1-11-4-5-12(14(18)13(11)17)15(16(2,3)10-21)20-8-6-19-7-9-20;/h4-5,15,19,21H,6-10H2,1-3H3;1H/t15-;/m0./s1. The second kappa shape index (κ2) is 7.68. The van der Waals surface area contributed by atoms with Crippen LogP contribution in [-0.2, 0) is 0 Å². The molecule has 0 spiro atoms. The molecule has 0 unspecified atom stereocenters. The van der Waals surface area contributed by atoms with Crippen molar-refractivity contribution in [2.45, 2.75) is 26.8 Å². The van der Waals surface area contributed by atoms with Crippen LogP contribution < -0.4 is 5.32 Å². The second-order valence-corrected chi connectivity index (χ2v) is 6.43. The molecule has 1 aromatic rings. The largest absolute Gasteiger partial charge is 0.396 e. The molecule has 0 saturated carbocycles. The fraction of sp³-hybridized carbons (Fsp3) is 0.625. The molecular weight excluding hydrogens is 310 g/mol. The number of nitrogens with zero attached hydrogens (tertiary/aromatic N) is 1. The molecule has 22 heavy (non-hydrogen) atoms. The van der Waals surface area contributed by atoms with Crippen molar-refractivity contribution in [1.82, 2.24) is 10.2 Å². The summed E-state index contributed by atoms with van der Waals surface area (Å²) < 4.78 is 28.4. The van der Waals surface area contributed by atoms with Crippen LogP contribution in [0.3, 0.4) is 0 Å². The third-order valence-corrected chi connectivity index (χ3v) is 4.26. The zero-order chi connectivity index (χ0) is 15.6. The predicted molar refractivity (Wildman–Crippen MR) is 86.4 cm³/mol. The minimum atomic E-state index is -0.792. The van der Waals surface area contributed by atoms with Crippen LogP contribution in [0.1, 0.15) is 31.0 Å². The van der Waals surface area contributed by atoms with Gasteiger partial charge in [-0.15, -0.1) is 12.4 Å². The van der Waals surface area contributed by atoms with Gasteiger partial charge in [0.05, 0.1) is 0 Å². The van der Waals surface area contributed by atoms with Crippen LogP contribution in [0.2, 0.25) is 0 Å². The summed E-state index contributed by atoms with van der Waals surface area (Å²) in [7, 11) is 0. The van der Waals surface area contributed by atoms with Gasteiger partial charge in [-0.3, -0.25) is 4.90 Å². The lowest BCUT2D eigenvalue weighted by atomic mass is 9.79. The van der Waals surface area contributed by atoms with Crippen molar-refractivity contribution in [3.05, 3.63) is 34.9 Å². The highest BCUT2D eigenvalue weighted by Gasteiger charge is 2.37. The van der Waals surface area contributed by atoms with Crippen LogP contribution in [0.4, 0.5) is 8.78 Å². The van der Waals surface area contributed by atoms with Gasteiger partial charge in [0.1, 0.15) is 0 Å². The number of hydrogen-bond donors (Lipinski definition) is 2. The Labute approximate surface area is 137 Å². The molecule has 2 N–H and O–H groups in total. The fourth-order valence-electron chi connectivity index (χ4n) is 3.01. The lowest BCUT2D eigenvalue weighted by molar-refractivity contribution is 0.0283. The van der Waals surface area contributed by atoms with Crippen molar-refractivity contribution in [3.63, 3.8) is 0 Å². The average molecular weight is 335 g/mol. The lowest BCUT2D eigenvalue weighted by Gasteiger charge is -2.43. The van der Waals surface area contributed by atoms with Gasteiger partial charge < -0.3 is 10.4 Å². The summed E-state index contributed by atoms with van der Waals surface area (Å²) in [5, 5.41) is 13.0. The van der Waals surface area contributed by atoms with E-state index in [2.05, 4.69) is 10.2 Å². The Kier molecular flexibility index (Phi) is 6.74. The van der Waals surface area contributed by atoms with Crippen molar-refractivity contribution < 1.29 is 13.9 Å². The molecule has 0 radical (unpaired) electrons. The van der Waals surface area contributed by atoms with E-state index in [4.69, 9.17) is 0 Å². The van der Waals surface area contributed by atoms with Gasteiger partial charge in [-0.25, -0.2) is 8.78 Å². The maximum Gasteiger partial charge on any atom is 0.163 e. The average Bonchev–Trinajstić information content (AvgIpc) is 2.48. The second-order valence-electron chi connectivity index (χ2n) is 6.43. The highest BCUT2D eigenvalue weighted by atomic mass is 35.5. The highest BCUT2D eigenvalue weighted by molar-refractivity contribution is 5.85. The smallest absolute Gasteiger partial charge is 0.163 e. The molecule has 1 heterocycles. The Bertz CT molecular complexity index is 505. The summed E-state index contributed by atoms with van der Waals surface area (Å²) in [4.78, 5) is 2.12. The number of aryl methyl sites for hydroxylation is 1. The number of nitrogens with one attached hydrogen (secondary N) is 1. The molecule has 1 aliphatic rings. The van der Waals surface area contributed by atoms with Crippen LogP contribution in [0, 0.1) is 24.0 Å². The molecule has 3 nitrogen and oxygen atoms in total. The van der Waals surface area contributed by atoms with Crippen molar-refractivity contribution in [1.29, 1.82) is 0 Å². The van der Waals surface area contributed by atoms with Gasteiger partial charge in [0.2, 0.25) is 0 Å². The van der Waals surface area contributed by atoms with Crippen molar-refractivity contribution in [2.75, 3.05) is 32.8 Å². The molecule has 2 rings (SSSR count). The Balaban J connectivity index is 0.00000242. The number of benzene rings is 1. The van der Waals surface area contributed by atoms with E-state index in [0.717, 1.165) is 26.2 Å². The van der Waals surface area contributed by atoms with Gasteiger partial charge in [0.15, 0.2) is 11.6 Å². The molecule has 0 aromatic heterocycles. The third kappa shape index (κ3) is 3.77. The minimum Gasteiger partial charge on any atom is -0.396 e. The van der Waals surface area contributed by atoms with E-state index in [1.807, 2.05) is 13.8 Å². The summed E-state index contributed by atoms with van der Waals surface area (Å²) in [6.45, 7) is 8.37. The molecule has 126 valence electrons. The van der Waals surface area contributed by atoms with Gasteiger partial charge in [0.25, 0.3) is 0 Å². The lowest BCUT2D eigenvalue weighted by Crippen LogP contribution is -2.49. The van der Waals surface area contributed by atoms with E-state index >= 15 is 0 Å². The number of rotatable bonds is 4. The molecule has 0 bridgehead atoms. The molecule has 1 aromatic carbocycles. The topological polar surface area (TPSA) is 35.5 Å². The number of halogens is 3. The van der Waals surface area contributed by atoms with Crippen LogP contribution in [0.5, 0.6) is 0 Å². The van der Waals surface area contributed by atoms with Gasteiger partial charge >= 0.3 is 0 Å². The monoisotopic (exact) mass is 334 g/mol. The summed E-state index contributed by atoms with van der Waals surface area (Å²) in [5.74, 6) is -1.58. The van der Waals surface area contributed by atoms with E-state index in [1.54, 1.807) is 19.1 Å².